The number of hydrogen-bond donors (Lipinski definition) is 0. The molecule has 6 nitrogen and oxygen atoms in total. The van der Waals surface area contributed by atoms with Crippen molar-refractivity contribution in [3.63, 3.8) is 0 Å². The maximum atomic E-state index is 12.9. The third kappa shape index (κ3) is 4.19. The van der Waals surface area contributed by atoms with Crippen LogP contribution in [-0.4, -0.2) is 68.0 Å². The van der Waals surface area contributed by atoms with Gasteiger partial charge in [-0.3, -0.25) is 9.69 Å². The van der Waals surface area contributed by atoms with Crippen molar-refractivity contribution in [2.75, 3.05) is 44.2 Å². The van der Waals surface area contributed by atoms with Crippen molar-refractivity contribution in [1.29, 1.82) is 0 Å². The summed E-state index contributed by atoms with van der Waals surface area (Å²) in [7, 11) is -3.44. The molecule has 31 heavy (non-hydrogen) atoms. The predicted molar refractivity (Wildman–Crippen MR) is 125 cm³/mol. The van der Waals surface area contributed by atoms with Gasteiger partial charge in [0, 0.05) is 43.4 Å². The van der Waals surface area contributed by atoms with Crippen LogP contribution in [0, 0.1) is 17.8 Å². The smallest absolute Gasteiger partial charge is 0.241 e. The Morgan fingerprint density at radius 3 is 2.42 bits per heavy atom. The summed E-state index contributed by atoms with van der Waals surface area (Å²) in [6, 6.07) is 7.98. The number of piperazine rings is 1. The van der Waals surface area contributed by atoms with Crippen molar-refractivity contribution in [2.45, 2.75) is 37.4 Å². The number of anilines is 1. The fraction of sp³-hybridized carbons (Fsp3) is 0.682. The Kier molecular flexibility index (Phi) is 6.78. The number of halogens is 2. The molecule has 4 atom stereocenters. The summed E-state index contributed by atoms with van der Waals surface area (Å²) in [6.07, 6.45) is 4.61. The second-order valence-corrected chi connectivity index (χ2v) is 11.7. The van der Waals surface area contributed by atoms with Crippen LogP contribution < -0.4 is 4.90 Å². The van der Waals surface area contributed by atoms with Crippen LogP contribution in [0.4, 0.5) is 5.69 Å². The number of carbonyl (C=O) groups is 1. The number of unbranched alkanes of at least 4 members (excludes halogenated alkanes) is 1. The highest BCUT2D eigenvalue weighted by Gasteiger charge is 2.63. The van der Waals surface area contributed by atoms with E-state index in [0.29, 0.717) is 12.5 Å². The number of hydrogen-bond acceptors (Lipinski definition) is 5. The lowest BCUT2D eigenvalue weighted by Gasteiger charge is -2.36. The third-order valence-corrected chi connectivity index (χ3v) is 10.2. The number of sulfonamides is 1. The first-order valence-corrected chi connectivity index (χ1v) is 13.1. The minimum atomic E-state index is -3.44. The summed E-state index contributed by atoms with van der Waals surface area (Å²) < 4.78 is 27.1. The largest absolute Gasteiger partial charge is 0.369 e. The number of fused-ring (bicyclic) bond motifs is 5. The van der Waals surface area contributed by atoms with Crippen LogP contribution in [0.2, 0.25) is 5.02 Å². The van der Waals surface area contributed by atoms with Gasteiger partial charge in [-0.1, -0.05) is 17.7 Å². The van der Waals surface area contributed by atoms with Gasteiger partial charge in [-0.15, -0.1) is 12.4 Å². The topological polar surface area (TPSA) is 60.9 Å². The molecule has 172 valence electrons. The zero-order chi connectivity index (χ0) is 20.9. The summed E-state index contributed by atoms with van der Waals surface area (Å²) >= 11 is 6.10. The lowest BCUT2D eigenvalue weighted by molar-refractivity contribution is -0.130. The van der Waals surface area contributed by atoms with Gasteiger partial charge >= 0.3 is 0 Å². The van der Waals surface area contributed by atoms with E-state index < -0.39 is 15.3 Å². The molecule has 0 spiro atoms. The van der Waals surface area contributed by atoms with Gasteiger partial charge in [0.2, 0.25) is 15.9 Å². The van der Waals surface area contributed by atoms with Gasteiger partial charge in [-0.05, 0) is 68.7 Å². The summed E-state index contributed by atoms with van der Waals surface area (Å²) in [4.78, 5) is 17.6. The van der Waals surface area contributed by atoms with Gasteiger partial charge in [-0.2, -0.15) is 0 Å². The van der Waals surface area contributed by atoms with E-state index in [-0.39, 0.29) is 30.2 Å². The molecule has 2 aliphatic carbocycles. The van der Waals surface area contributed by atoms with Crippen LogP contribution in [0.5, 0.6) is 0 Å². The normalized spacial score (nSPS) is 31.7. The summed E-state index contributed by atoms with van der Waals surface area (Å²) in [5.41, 5.74) is 1.17. The predicted octanol–water partition coefficient (Wildman–Crippen LogP) is 3.25. The van der Waals surface area contributed by atoms with Crippen LogP contribution in [0.3, 0.4) is 0 Å². The first kappa shape index (κ1) is 23.1. The molecule has 0 N–H and O–H groups in total. The van der Waals surface area contributed by atoms with Crippen LogP contribution >= 0.6 is 24.0 Å². The molecular weight excluding hydrogens is 457 g/mol. The molecule has 2 bridgehead atoms. The van der Waals surface area contributed by atoms with Gasteiger partial charge < -0.3 is 4.90 Å². The Bertz CT molecular complexity index is 920. The van der Waals surface area contributed by atoms with E-state index in [0.717, 1.165) is 69.9 Å². The van der Waals surface area contributed by atoms with Crippen LogP contribution in [-0.2, 0) is 14.8 Å². The lowest BCUT2D eigenvalue weighted by atomic mass is 9.88. The Labute approximate surface area is 196 Å². The molecule has 0 aromatic heterocycles. The molecule has 4 unspecified atom stereocenters. The molecule has 2 heterocycles. The molecule has 1 amide bonds. The maximum Gasteiger partial charge on any atom is 0.241 e. The minimum absolute atomic E-state index is 0. The Morgan fingerprint density at radius 1 is 1.00 bits per heavy atom. The van der Waals surface area contributed by atoms with E-state index in [2.05, 4.69) is 15.9 Å². The quantitative estimate of drug-likeness (QED) is 0.576. The van der Waals surface area contributed by atoms with Gasteiger partial charge in [0.1, 0.15) is 0 Å². The second kappa shape index (κ2) is 9.08. The van der Waals surface area contributed by atoms with Crippen molar-refractivity contribution in [3.8, 4) is 0 Å². The fourth-order valence-corrected chi connectivity index (χ4v) is 8.86. The second-order valence-electron chi connectivity index (χ2n) is 9.29. The van der Waals surface area contributed by atoms with Gasteiger partial charge in [0.15, 0.2) is 0 Å². The zero-order valence-corrected chi connectivity index (χ0v) is 20.0. The lowest BCUT2D eigenvalue weighted by Crippen LogP contribution is -2.46. The summed E-state index contributed by atoms with van der Waals surface area (Å²) in [5.74, 6) is 0.175. The molecule has 2 saturated carbocycles. The summed E-state index contributed by atoms with van der Waals surface area (Å²) in [6.45, 7) is 5.21. The first-order valence-electron chi connectivity index (χ1n) is 11.2. The van der Waals surface area contributed by atoms with E-state index >= 15 is 0 Å². The molecule has 9 heteroatoms. The standard InChI is InChI=1S/C22H30ClN3O3S.ClH/c23-18-4-3-5-19(15-18)25-12-10-24(11-13-25)8-1-2-9-26-22(27)20-16-6-7-17(14-16)21(20)30(26,28)29;/h3-5,15-17,20-21H,1-2,6-14H2;1H. The number of rotatable bonds is 6. The molecule has 1 aromatic rings. The molecule has 4 fully saturated rings. The van der Waals surface area contributed by atoms with Gasteiger partial charge in [0.25, 0.3) is 0 Å². The zero-order valence-electron chi connectivity index (χ0n) is 17.7. The van der Waals surface area contributed by atoms with E-state index in [1.807, 2.05) is 18.2 Å². The summed E-state index contributed by atoms with van der Waals surface area (Å²) in [5, 5.41) is 0.349. The highest BCUT2D eigenvalue weighted by atomic mass is 35.5. The molecular formula is C22H31Cl2N3O3S. The first-order chi connectivity index (χ1) is 14.4. The molecule has 5 rings (SSSR count). The number of carbonyl (C=O) groups excluding carboxylic acids is 1. The van der Waals surface area contributed by atoms with Crippen LogP contribution in [0.25, 0.3) is 0 Å². The molecule has 2 aliphatic heterocycles. The van der Waals surface area contributed by atoms with Crippen molar-refractivity contribution < 1.29 is 13.2 Å². The van der Waals surface area contributed by atoms with Crippen molar-refractivity contribution >= 4 is 45.6 Å². The van der Waals surface area contributed by atoms with Crippen LogP contribution in [0.1, 0.15) is 32.1 Å². The number of nitrogens with zero attached hydrogens (tertiary/aromatic N) is 3. The van der Waals surface area contributed by atoms with E-state index in [9.17, 15) is 13.2 Å². The minimum Gasteiger partial charge on any atom is -0.369 e. The van der Waals surface area contributed by atoms with Crippen molar-refractivity contribution in [3.05, 3.63) is 29.3 Å². The average Bonchev–Trinajstić information content (AvgIpc) is 3.40. The number of benzene rings is 1. The van der Waals surface area contributed by atoms with Crippen LogP contribution in [0.15, 0.2) is 24.3 Å². The van der Waals surface area contributed by atoms with E-state index in [1.165, 1.54) is 9.99 Å². The Hall–Kier alpha value is -1.02. The Balaban J connectivity index is 0.00000231. The van der Waals surface area contributed by atoms with Gasteiger partial charge in [0.05, 0.1) is 11.2 Å². The molecule has 0 radical (unpaired) electrons. The molecule has 1 aromatic carbocycles. The average molecular weight is 488 g/mol. The van der Waals surface area contributed by atoms with Crippen molar-refractivity contribution in [1.82, 2.24) is 9.21 Å². The van der Waals surface area contributed by atoms with E-state index in [1.54, 1.807) is 0 Å². The van der Waals surface area contributed by atoms with Gasteiger partial charge in [-0.25, -0.2) is 12.7 Å². The highest BCUT2D eigenvalue weighted by molar-refractivity contribution is 7.90. The van der Waals surface area contributed by atoms with E-state index in [4.69, 9.17) is 11.6 Å². The SMILES string of the molecule is Cl.O=C1C2C3CCC(C3)C2S(=O)(=O)N1CCCCN1CCN(c2cccc(Cl)c2)CC1. The third-order valence-electron chi connectivity index (χ3n) is 7.65. The monoisotopic (exact) mass is 487 g/mol. The fourth-order valence-electron chi connectivity index (χ4n) is 6.18. The maximum absolute atomic E-state index is 12.9. The molecule has 2 saturated heterocycles. The highest BCUT2D eigenvalue weighted by Crippen LogP contribution is 2.55. The number of amides is 1. The van der Waals surface area contributed by atoms with Crippen molar-refractivity contribution in [2.24, 2.45) is 17.8 Å². The molecule has 4 aliphatic rings. The Morgan fingerprint density at radius 2 is 1.71 bits per heavy atom.